The number of rotatable bonds is 5. The minimum atomic E-state index is -0.719. The van der Waals surface area contributed by atoms with Crippen LogP contribution in [-0.2, 0) is 4.79 Å². The number of unbranched alkanes of at least 4 members (excludes halogenated alkanes) is 2. The zero-order valence-electron chi connectivity index (χ0n) is 9.75. The van der Waals surface area contributed by atoms with Crippen LogP contribution in [0.2, 0.25) is 0 Å². The topological polar surface area (TPSA) is 73.2 Å². The van der Waals surface area contributed by atoms with Crippen molar-refractivity contribution in [3.8, 4) is 6.07 Å². The number of amides is 3. The average Bonchev–Trinajstić information content (AvgIpc) is 2.47. The molecule has 1 aliphatic rings. The van der Waals surface area contributed by atoms with Gasteiger partial charge in [0.05, 0.1) is 6.07 Å². The lowest BCUT2D eigenvalue weighted by atomic mass is 9.97. The zero-order valence-corrected chi connectivity index (χ0v) is 9.75. The highest BCUT2D eigenvalue weighted by Gasteiger charge is 2.47. The van der Waals surface area contributed by atoms with Crippen LogP contribution in [-0.4, -0.2) is 28.9 Å². The van der Waals surface area contributed by atoms with Crippen molar-refractivity contribution < 1.29 is 9.59 Å². The summed E-state index contributed by atoms with van der Waals surface area (Å²) < 4.78 is 0. The van der Waals surface area contributed by atoms with Gasteiger partial charge in [0.25, 0.3) is 5.91 Å². The Labute approximate surface area is 95.4 Å². The third-order valence-corrected chi connectivity index (χ3v) is 3.16. The van der Waals surface area contributed by atoms with Gasteiger partial charge in [0.1, 0.15) is 5.54 Å². The number of urea groups is 1. The maximum absolute atomic E-state index is 11.6. The molecular formula is C11H17N3O2. The Morgan fingerprint density at radius 1 is 1.44 bits per heavy atom. The van der Waals surface area contributed by atoms with Gasteiger partial charge in [-0.15, -0.1) is 0 Å². The van der Waals surface area contributed by atoms with E-state index in [9.17, 15) is 9.59 Å². The molecule has 5 heteroatoms. The lowest BCUT2D eigenvalue weighted by Gasteiger charge is -2.30. The Kier molecular flexibility index (Phi) is 3.88. The fraction of sp³-hybridized carbons (Fsp3) is 0.727. The van der Waals surface area contributed by atoms with Crippen LogP contribution >= 0.6 is 0 Å². The number of hydrogen-bond donors (Lipinski definition) is 1. The van der Waals surface area contributed by atoms with Crippen molar-refractivity contribution in [2.75, 3.05) is 6.54 Å². The molecule has 1 saturated heterocycles. The second-order valence-electron chi connectivity index (χ2n) is 4.15. The second-order valence-corrected chi connectivity index (χ2v) is 4.15. The fourth-order valence-corrected chi connectivity index (χ4v) is 1.82. The Bertz CT molecular complexity index is 335. The molecule has 5 nitrogen and oxygen atoms in total. The summed E-state index contributed by atoms with van der Waals surface area (Å²) in [5.74, 6) is -0.222. The van der Waals surface area contributed by atoms with Gasteiger partial charge in [-0.25, -0.2) is 4.79 Å². The van der Waals surface area contributed by atoms with Gasteiger partial charge in [-0.3, -0.25) is 10.1 Å². The van der Waals surface area contributed by atoms with Crippen molar-refractivity contribution in [2.24, 2.45) is 0 Å². The predicted molar refractivity (Wildman–Crippen MR) is 58.4 cm³/mol. The van der Waals surface area contributed by atoms with Crippen molar-refractivity contribution in [3.05, 3.63) is 0 Å². The molecule has 0 aromatic rings. The van der Waals surface area contributed by atoms with Crippen LogP contribution in [0.1, 0.15) is 39.5 Å². The fourth-order valence-electron chi connectivity index (χ4n) is 1.82. The van der Waals surface area contributed by atoms with Crippen LogP contribution < -0.4 is 5.32 Å². The minimum Gasteiger partial charge on any atom is -0.310 e. The summed E-state index contributed by atoms with van der Waals surface area (Å²) >= 11 is 0. The molecule has 3 amide bonds. The zero-order chi connectivity index (χ0) is 12.2. The molecule has 0 aliphatic carbocycles. The number of imide groups is 1. The van der Waals surface area contributed by atoms with E-state index >= 15 is 0 Å². The highest BCUT2D eigenvalue weighted by Crippen LogP contribution is 2.25. The Morgan fingerprint density at radius 3 is 2.69 bits per heavy atom. The van der Waals surface area contributed by atoms with Gasteiger partial charge in [-0.2, -0.15) is 5.26 Å². The molecule has 1 heterocycles. The molecule has 1 N–H and O–H groups in total. The van der Waals surface area contributed by atoms with Gasteiger partial charge >= 0.3 is 6.03 Å². The maximum Gasteiger partial charge on any atom is 0.325 e. The molecule has 1 aliphatic heterocycles. The van der Waals surface area contributed by atoms with E-state index in [1.807, 2.05) is 6.92 Å². The first-order valence-electron chi connectivity index (χ1n) is 5.56. The highest BCUT2D eigenvalue weighted by atomic mass is 16.2. The van der Waals surface area contributed by atoms with Gasteiger partial charge in [-0.1, -0.05) is 6.92 Å². The molecule has 1 unspecified atom stereocenters. The van der Waals surface area contributed by atoms with Crippen LogP contribution in [0, 0.1) is 11.3 Å². The summed E-state index contributed by atoms with van der Waals surface area (Å²) in [4.78, 5) is 24.7. The molecule has 1 fully saturated rings. The number of nitrogens with zero attached hydrogens (tertiary/aromatic N) is 2. The SMILES string of the molecule is CCC1(C)C(=O)NC(=O)N1CCCCC#N. The van der Waals surface area contributed by atoms with Crippen molar-refractivity contribution in [1.29, 1.82) is 5.26 Å². The first kappa shape index (κ1) is 12.5. The van der Waals surface area contributed by atoms with E-state index in [0.29, 0.717) is 19.4 Å². The molecular weight excluding hydrogens is 206 g/mol. The Hall–Kier alpha value is -1.57. The summed E-state index contributed by atoms with van der Waals surface area (Å²) in [5, 5.41) is 10.7. The first-order chi connectivity index (χ1) is 7.56. The maximum atomic E-state index is 11.6. The van der Waals surface area contributed by atoms with Crippen molar-refractivity contribution in [1.82, 2.24) is 10.2 Å². The van der Waals surface area contributed by atoms with Crippen molar-refractivity contribution in [3.63, 3.8) is 0 Å². The number of nitriles is 1. The van der Waals surface area contributed by atoms with Gasteiger partial charge in [0, 0.05) is 13.0 Å². The quantitative estimate of drug-likeness (QED) is 0.565. The standard InChI is InChI=1S/C11H17N3O2/c1-3-11(2)9(15)13-10(16)14(11)8-6-4-5-7-12/h3-6,8H2,1-2H3,(H,13,15,16). The number of nitrogens with one attached hydrogen (secondary N) is 1. The monoisotopic (exact) mass is 223 g/mol. The normalized spacial score (nSPS) is 24.4. The number of carbonyl (C=O) groups excluding carboxylic acids is 2. The van der Waals surface area contributed by atoms with Crippen LogP contribution in [0.4, 0.5) is 4.79 Å². The molecule has 0 aromatic carbocycles. The summed E-state index contributed by atoms with van der Waals surface area (Å²) in [6, 6.07) is 1.75. The summed E-state index contributed by atoms with van der Waals surface area (Å²) in [6.45, 7) is 4.20. The smallest absolute Gasteiger partial charge is 0.310 e. The number of hydrogen-bond acceptors (Lipinski definition) is 3. The molecule has 0 radical (unpaired) electrons. The van der Waals surface area contributed by atoms with Crippen molar-refractivity contribution in [2.45, 2.75) is 45.1 Å². The van der Waals surface area contributed by atoms with Gasteiger partial charge in [-0.05, 0) is 26.2 Å². The summed E-state index contributed by atoms with van der Waals surface area (Å²) in [5.41, 5.74) is -0.719. The third-order valence-electron chi connectivity index (χ3n) is 3.16. The van der Waals surface area contributed by atoms with E-state index in [4.69, 9.17) is 5.26 Å². The van der Waals surface area contributed by atoms with E-state index in [0.717, 1.165) is 12.8 Å². The van der Waals surface area contributed by atoms with Crippen LogP contribution in [0.5, 0.6) is 0 Å². The molecule has 0 bridgehead atoms. The predicted octanol–water partition coefficient (Wildman–Crippen LogP) is 1.40. The molecule has 0 saturated carbocycles. The number of carbonyl (C=O) groups is 2. The third kappa shape index (κ3) is 2.16. The second kappa shape index (κ2) is 4.97. The van der Waals surface area contributed by atoms with E-state index in [2.05, 4.69) is 11.4 Å². The molecule has 0 aromatic heterocycles. The van der Waals surface area contributed by atoms with E-state index in [1.165, 1.54) is 0 Å². The largest absolute Gasteiger partial charge is 0.325 e. The van der Waals surface area contributed by atoms with Crippen molar-refractivity contribution >= 4 is 11.9 Å². The minimum absolute atomic E-state index is 0.222. The van der Waals surface area contributed by atoms with E-state index in [-0.39, 0.29) is 11.9 Å². The lowest BCUT2D eigenvalue weighted by Crippen LogP contribution is -2.46. The molecule has 1 rings (SSSR count). The summed E-state index contributed by atoms with van der Waals surface area (Å²) in [7, 11) is 0. The van der Waals surface area contributed by atoms with Gasteiger partial charge in [0.2, 0.25) is 0 Å². The molecule has 0 spiro atoms. The molecule has 16 heavy (non-hydrogen) atoms. The van der Waals surface area contributed by atoms with E-state index < -0.39 is 5.54 Å². The molecule has 88 valence electrons. The van der Waals surface area contributed by atoms with Gasteiger partial charge < -0.3 is 4.90 Å². The van der Waals surface area contributed by atoms with Crippen LogP contribution in [0.3, 0.4) is 0 Å². The Morgan fingerprint density at radius 2 is 2.12 bits per heavy atom. The van der Waals surface area contributed by atoms with E-state index in [1.54, 1.807) is 11.8 Å². The van der Waals surface area contributed by atoms with Crippen LogP contribution in [0.25, 0.3) is 0 Å². The first-order valence-corrected chi connectivity index (χ1v) is 5.56. The average molecular weight is 223 g/mol. The van der Waals surface area contributed by atoms with Gasteiger partial charge in [0.15, 0.2) is 0 Å². The highest BCUT2D eigenvalue weighted by molar-refractivity contribution is 6.06. The van der Waals surface area contributed by atoms with Crippen LogP contribution in [0.15, 0.2) is 0 Å². The lowest BCUT2D eigenvalue weighted by molar-refractivity contribution is -0.126. The summed E-state index contributed by atoms with van der Waals surface area (Å²) in [6.07, 6.45) is 2.60. The molecule has 1 atom stereocenters. The Balaban J connectivity index is 2.59.